The van der Waals surface area contributed by atoms with Gasteiger partial charge in [0.25, 0.3) is 0 Å². The molecule has 0 radical (unpaired) electrons. The zero-order valence-electron chi connectivity index (χ0n) is 17.3. The molecule has 8 heteroatoms. The molecule has 0 saturated carbocycles. The molecule has 33 heavy (non-hydrogen) atoms. The minimum absolute atomic E-state index is 0.0845. The first-order chi connectivity index (χ1) is 15.6. The summed E-state index contributed by atoms with van der Waals surface area (Å²) in [6.07, 6.45) is -6.31. The van der Waals surface area contributed by atoms with Crippen molar-refractivity contribution in [1.29, 1.82) is 0 Å². The molecule has 0 amide bonds. The highest BCUT2D eigenvalue weighted by Crippen LogP contribution is 2.38. The first-order valence-electron chi connectivity index (χ1n) is 10.3. The van der Waals surface area contributed by atoms with Gasteiger partial charge in [-0.1, -0.05) is 42.8 Å². The molecule has 0 fully saturated rings. The predicted molar refractivity (Wildman–Crippen MR) is 111 cm³/mol. The van der Waals surface area contributed by atoms with Crippen LogP contribution in [-0.4, -0.2) is 12.9 Å². The minimum Gasteiger partial charge on any atom is -0.251 e. The third-order valence-electron chi connectivity index (χ3n) is 5.28. The van der Waals surface area contributed by atoms with Crippen LogP contribution in [0.3, 0.4) is 0 Å². The van der Waals surface area contributed by atoms with Gasteiger partial charge >= 0.3 is 6.18 Å². The number of hydrogen-bond donors (Lipinski definition) is 0. The van der Waals surface area contributed by atoms with Crippen LogP contribution in [0.25, 0.3) is 22.3 Å². The van der Waals surface area contributed by atoms with E-state index < -0.39 is 42.0 Å². The molecular weight excluding hydrogens is 452 g/mol. The molecule has 3 rings (SSSR count). The van der Waals surface area contributed by atoms with Crippen molar-refractivity contribution in [2.45, 2.75) is 38.0 Å². The lowest BCUT2D eigenvalue weighted by Crippen LogP contribution is -2.17. The number of rotatable bonds is 8. The largest absolute Gasteiger partial charge is 0.424 e. The molecule has 0 aromatic heterocycles. The highest BCUT2D eigenvalue weighted by molar-refractivity contribution is 5.71. The molecular formula is C25H20F8. The van der Waals surface area contributed by atoms with Gasteiger partial charge in [-0.15, -0.1) is 0 Å². The third-order valence-corrected chi connectivity index (χ3v) is 5.28. The van der Waals surface area contributed by atoms with E-state index in [-0.39, 0.29) is 22.3 Å². The van der Waals surface area contributed by atoms with Crippen LogP contribution < -0.4 is 0 Å². The van der Waals surface area contributed by atoms with Crippen LogP contribution in [-0.2, 0) is 6.42 Å². The van der Waals surface area contributed by atoms with Gasteiger partial charge in [0.1, 0.15) is 17.5 Å². The van der Waals surface area contributed by atoms with Crippen LogP contribution in [0.2, 0.25) is 0 Å². The number of unbranched alkanes of at least 4 members (excludes halogenated alkanes) is 2. The van der Waals surface area contributed by atoms with Crippen LogP contribution in [0, 0.1) is 17.5 Å². The van der Waals surface area contributed by atoms with E-state index >= 15 is 0 Å². The van der Waals surface area contributed by atoms with Crippen LogP contribution in [0.4, 0.5) is 35.1 Å². The Labute approximate surface area is 185 Å². The average Bonchev–Trinajstić information content (AvgIpc) is 2.75. The molecule has 0 aliphatic rings. The van der Waals surface area contributed by atoms with Gasteiger partial charge in [0.05, 0.1) is 6.67 Å². The van der Waals surface area contributed by atoms with Gasteiger partial charge in [0, 0.05) is 16.7 Å². The summed E-state index contributed by atoms with van der Waals surface area (Å²) >= 11 is 0. The van der Waals surface area contributed by atoms with Crippen molar-refractivity contribution < 1.29 is 35.1 Å². The number of halogens is 8. The topological polar surface area (TPSA) is 0 Å². The first kappa shape index (κ1) is 24.7. The summed E-state index contributed by atoms with van der Waals surface area (Å²) in [6.45, 7) is -0.393. The van der Waals surface area contributed by atoms with Crippen molar-refractivity contribution in [1.82, 2.24) is 0 Å². The molecule has 0 heterocycles. The lowest BCUT2D eigenvalue weighted by atomic mass is 9.96. The maximum absolute atomic E-state index is 14.7. The van der Waals surface area contributed by atoms with E-state index in [4.69, 9.17) is 0 Å². The van der Waals surface area contributed by atoms with E-state index in [1.54, 1.807) is 6.07 Å². The second-order valence-corrected chi connectivity index (χ2v) is 7.65. The summed E-state index contributed by atoms with van der Waals surface area (Å²) in [7, 11) is 0. The highest BCUT2D eigenvalue weighted by Gasteiger charge is 2.42. The summed E-state index contributed by atoms with van der Waals surface area (Å²) in [4.78, 5) is 0. The lowest BCUT2D eigenvalue weighted by Gasteiger charge is -2.14. The van der Waals surface area contributed by atoms with E-state index in [0.29, 0.717) is 37.8 Å². The van der Waals surface area contributed by atoms with Gasteiger partial charge in [-0.2, -0.15) is 13.2 Å². The van der Waals surface area contributed by atoms with Gasteiger partial charge in [0.15, 0.2) is 0 Å². The normalized spacial score (nSPS) is 12.7. The molecule has 1 unspecified atom stereocenters. The molecule has 3 aromatic carbocycles. The molecule has 1 atom stereocenters. The third kappa shape index (κ3) is 5.92. The quantitative estimate of drug-likeness (QED) is 0.227. The van der Waals surface area contributed by atoms with Crippen LogP contribution >= 0.6 is 0 Å². The van der Waals surface area contributed by atoms with Crippen LogP contribution in [0.15, 0.2) is 54.6 Å². The van der Waals surface area contributed by atoms with E-state index in [1.807, 2.05) is 0 Å². The van der Waals surface area contributed by atoms with Gasteiger partial charge in [-0.25, -0.2) is 17.6 Å². The molecule has 0 nitrogen and oxygen atoms in total. The lowest BCUT2D eigenvalue weighted by molar-refractivity contribution is -0.183. The summed E-state index contributed by atoms with van der Waals surface area (Å²) in [5.41, 5.74) is -0.311. The maximum Gasteiger partial charge on any atom is 0.424 e. The van der Waals surface area contributed by atoms with Crippen molar-refractivity contribution in [3.8, 4) is 22.3 Å². The molecule has 0 aliphatic heterocycles. The first-order valence-corrected chi connectivity index (χ1v) is 10.3. The molecule has 3 aromatic rings. The molecule has 0 bridgehead atoms. The Morgan fingerprint density at radius 3 is 1.79 bits per heavy atom. The van der Waals surface area contributed by atoms with E-state index in [1.165, 1.54) is 24.3 Å². The fraction of sp³-hybridized carbons (Fsp3) is 0.280. The average molecular weight is 472 g/mol. The van der Waals surface area contributed by atoms with E-state index in [0.717, 1.165) is 17.7 Å². The number of hydrogen-bond acceptors (Lipinski definition) is 0. The van der Waals surface area contributed by atoms with Crippen LogP contribution in [0.5, 0.6) is 0 Å². The van der Waals surface area contributed by atoms with Gasteiger partial charge in [-0.05, 0) is 54.2 Å². The smallest absolute Gasteiger partial charge is 0.251 e. The van der Waals surface area contributed by atoms with Crippen LogP contribution in [0.1, 0.15) is 36.6 Å². The summed E-state index contributed by atoms with van der Waals surface area (Å²) in [6, 6.07) is 10.5. The van der Waals surface area contributed by atoms with Crippen molar-refractivity contribution >= 4 is 0 Å². The summed E-state index contributed by atoms with van der Waals surface area (Å²) < 4.78 is 106. The Morgan fingerprint density at radius 2 is 1.24 bits per heavy atom. The van der Waals surface area contributed by atoms with Gasteiger partial charge in [0.2, 0.25) is 6.17 Å². The second-order valence-electron chi connectivity index (χ2n) is 7.65. The Hall–Kier alpha value is -2.90. The Bertz CT molecular complexity index is 1100. The van der Waals surface area contributed by atoms with E-state index in [9.17, 15) is 35.1 Å². The molecule has 0 spiro atoms. The fourth-order valence-corrected chi connectivity index (χ4v) is 3.54. The monoisotopic (exact) mass is 472 g/mol. The van der Waals surface area contributed by atoms with Crippen molar-refractivity contribution in [2.24, 2.45) is 0 Å². The predicted octanol–water partition coefficient (Wildman–Crippen LogP) is 8.69. The highest BCUT2D eigenvalue weighted by atomic mass is 19.4. The molecule has 176 valence electrons. The molecule has 0 aliphatic carbocycles. The van der Waals surface area contributed by atoms with Crippen molar-refractivity contribution in [2.75, 3.05) is 6.67 Å². The number of alkyl halides is 5. The Morgan fingerprint density at radius 1 is 0.667 bits per heavy atom. The van der Waals surface area contributed by atoms with Crippen molar-refractivity contribution in [3.63, 3.8) is 0 Å². The minimum atomic E-state index is -5.26. The second kappa shape index (κ2) is 10.4. The number of benzene rings is 3. The fourth-order valence-electron chi connectivity index (χ4n) is 3.54. The zero-order chi connectivity index (χ0) is 24.2. The van der Waals surface area contributed by atoms with E-state index in [2.05, 4.69) is 0 Å². The standard InChI is InChI=1S/C25H20F8/c26-11-3-1-2-4-15-5-8-18(21(27)12-15)16-6-9-19(22(28)13-16)17-7-10-20(23(29)14-17)24(30)25(31,32)33/h5-10,12-14,24H,1-4,11H2. The van der Waals surface area contributed by atoms with Gasteiger partial charge < -0.3 is 0 Å². The van der Waals surface area contributed by atoms with Crippen molar-refractivity contribution in [3.05, 3.63) is 83.2 Å². The Balaban J connectivity index is 1.82. The molecule has 0 saturated heterocycles. The summed E-state index contributed by atoms with van der Waals surface area (Å²) in [5, 5.41) is 0. The zero-order valence-corrected chi connectivity index (χ0v) is 17.3. The van der Waals surface area contributed by atoms with Gasteiger partial charge in [-0.3, -0.25) is 4.39 Å². The maximum atomic E-state index is 14.7. The summed E-state index contributed by atoms with van der Waals surface area (Å²) in [5.74, 6) is -2.86. The number of aryl methyl sites for hydroxylation is 1. The Kier molecular flexibility index (Phi) is 7.76. The SMILES string of the molecule is FCCCCCc1ccc(-c2ccc(-c3ccc(C(F)C(F)(F)F)c(F)c3)c(F)c2)c(F)c1. The molecule has 0 N–H and O–H groups in total.